The molecule has 1 unspecified atom stereocenters. The highest BCUT2D eigenvalue weighted by molar-refractivity contribution is 5.89. The normalized spacial score (nSPS) is 16.0. The number of rotatable bonds is 7. The van der Waals surface area contributed by atoms with Crippen LogP contribution in [-0.2, 0) is 11.2 Å². The van der Waals surface area contributed by atoms with Gasteiger partial charge in [0, 0.05) is 25.3 Å². The number of ether oxygens (including phenoxy) is 1. The lowest BCUT2D eigenvalue weighted by atomic mass is 9.96. The Balaban J connectivity index is 1.50. The van der Waals surface area contributed by atoms with Gasteiger partial charge in [-0.3, -0.25) is 4.90 Å². The molecule has 5 nitrogen and oxygen atoms in total. The number of hydrogen-bond donors (Lipinski definition) is 2. The van der Waals surface area contributed by atoms with Crippen LogP contribution in [-0.4, -0.2) is 43.8 Å². The van der Waals surface area contributed by atoms with Crippen LogP contribution in [0.1, 0.15) is 31.0 Å². The largest absolute Gasteiger partial charge is 0.379 e. The number of benzene rings is 2. The minimum atomic E-state index is -0.177. The Morgan fingerprint density at radius 3 is 2.36 bits per heavy atom. The molecule has 0 aliphatic carbocycles. The summed E-state index contributed by atoms with van der Waals surface area (Å²) in [6, 6.07) is 18.0. The summed E-state index contributed by atoms with van der Waals surface area (Å²) in [7, 11) is 0. The first-order chi connectivity index (χ1) is 13.6. The van der Waals surface area contributed by atoms with E-state index in [1.165, 1.54) is 5.56 Å². The van der Waals surface area contributed by atoms with Crippen LogP contribution in [0.3, 0.4) is 0 Å². The molecule has 3 rings (SSSR count). The average molecular weight is 382 g/mol. The highest BCUT2D eigenvalue weighted by Gasteiger charge is 2.18. The molecule has 1 heterocycles. The Labute approximate surface area is 168 Å². The Bertz CT molecular complexity index is 725. The van der Waals surface area contributed by atoms with Crippen molar-refractivity contribution in [2.45, 2.75) is 26.3 Å². The standard InChI is InChI=1S/C23H31N3O2/c1-18(2)22(20-6-4-3-5-7-20)25-23(27)24-21-10-8-19(9-11-21)12-13-26-14-16-28-17-15-26/h3-11,18,22H,12-17H2,1-2H3,(H2,24,25,27). The molecule has 1 aliphatic heterocycles. The van der Waals surface area contributed by atoms with E-state index in [-0.39, 0.29) is 12.1 Å². The molecular weight excluding hydrogens is 350 g/mol. The topological polar surface area (TPSA) is 53.6 Å². The number of carbonyl (C=O) groups excluding carboxylic acids is 1. The van der Waals surface area contributed by atoms with Gasteiger partial charge in [0.2, 0.25) is 0 Å². The lowest BCUT2D eigenvalue weighted by molar-refractivity contribution is 0.0384. The molecule has 150 valence electrons. The van der Waals surface area contributed by atoms with Gasteiger partial charge in [0.05, 0.1) is 19.3 Å². The summed E-state index contributed by atoms with van der Waals surface area (Å²) in [6.07, 6.45) is 1.01. The summed E-state index contributed by atoms with van der Waals surface area (Å²) >= 11 is 0. The van der Waals surface area contributed by atoms with Gasteiger partial charge in [-0.25, -0.2) is 4.79 Å². The van der Waals surface area contributed by atoms with E-state index in [4.69, 9.17) is 4.74 Å². The molecule has 28 heavy (non-hydrogen) atoms. The number of amides is 2. The third kappa shape index (κ3) is 6.08. The van der Waals surface area contributed by atoms with E-state index in [0.29, 0.717) is 5.92 Å². The van der Waals surface area contributed by atoms with E-state index in [1.807, 2.05) is 42.5 Å². The molecule has 0 spiro atoms. The smallest absolute Gasteiger partial charge is 0.319 e. The first-order valence-electron chi connectivity index (χ1n) is 10.1. The number of nitrogens with zero attached hydrogens (tertiary/aromatic N) is 1. The van der Waals surface area contributed by atoms with E-state index < -0.39 is 0 Å². The Kier molecular flexibility index (Phi) is 7.46. The predicted molar refractivity (Wildman–Crippen MR) is 114 cm³/mol. The highest BCUT2D eigenvalue weighted by Crippen LogP contribution is 2.21. The molecule has 0 aromatic heterocycles. The molecule has 0 bridgehead atoms. The SMILES string of the molecule is CC(C)C(NC(=O)Nc1ccc(CCN2CCOCC2)cc1)c1ccccc1. The second kappa shape index (κ2) is 10.2. The van der Waals surface area contributed by atoms with Crippen molar-refractivity contribution in [2.75, 3.05) is 38.2 Å². The summed E-state index contributed by atoms with van der Waals surface area (Å²) in [5.74, 6) is 0.302. The molecule has 1 saturated heterocycles. The van der Waals surface area contributed by atoms with Crippen molar-refractivity contribution < 1.29 is 9.53 Å². The highest BCUT2D eigenvalue weighted by atomic mass is 16.5. The van der Waals surface area contributed by atoms with Gasteiger partial charge in [0.1, 0.15) is 0 Å². The van der Waals surface area contributed by atoms with Crippen molar-refractivity contribution in [3.8, 4) is 0 Å². The number of anilines is 1. The van der Waals surface area contributed by atoms with Crippen molar-refractivity contribution in [3.05, 3.63) is 65.7 Å². The van der Waals surface area contributed by atoms with E-state index in [9.17, 15) is 4.79 Å². The van der Waals surface area contributed by atoms with Crippen LogP contribution in [0.15, 0.2) is 54.6 Å². The van der Waals surface area contributed by atoms with Crippen molar-refractivity contribution in [1.29, 1.82) is 0 Å². The van der Waals surface area contributed by atoms with Gasteiger partial charge in [0.15, 0.2) is 0 Å². The summed E-state index contributed by atoms with van der Waals surface area (Å²) in [5, 5.41) is 6.05. The van der Waals surface area contributed by atoms with Gasteiger partial charge < -0.3 is 15.4 Å². The Morgan fingerprint density at radius 1 is 1.04 bits per heavy atom. The summed E-state index contributed by atoms with van der Waals surface area (Å²) < 4.78 is 5.39. The fourth-order valence-corrected chi connectivity index (χ4v) is 3.47. The van der Waals surface area contributed by atoms with Crippen LogP contribution in [0.4, 0.5) is 10.5 Å². The van der Waals surface area contributed by atoms with Gasteiger partial charge in [-0.05, 0) is 35.6 Å². The minimum Gasteiger partial charge on any atom is -0.379 e. The van der Waals surface area contributed by atoms with Crippen molar-refractivity contribution >= 4 is 11.7 Å². The second-order valence-corrected chi connectivity index (χ2v) is 7.63. The molecule has 2 amide bonds. The molecule has 2 aromatic carbocycles. The zero-order valence-electron chi connectivity index (χ0n) is 16.9. The molecule has 1 fully saturated rings. The number of nitrogens with one attached hydrogen (secondary N) is 2. The third-order valence-corrected chi connectivity index (χ3v) is 5.14. The maximum Gasteiger partial charge on any atom is 0.319 e. The number of urea groups is 1. The lowest BCUT2D eigenvalue weighted by Gasteiger charge is -2.26. The van der Waals surface area contributed by atoms with E-state index in [0.717, 1.165) is 50.5 Å². The molecule has 0 saturated carbocycles. The van der Waals surface area contributed by atoms with Crippen molar-refractivity contribution in [1.82, 2.24) is 10.2 Å². The van der Waals surface area contributed by atoms with Crippen molar-refractivity contribution in [3.63, 3.8) is 0 Å². The average Bonchev–Trinajstić information content (AvgIpc) is 2.73. The first-order valence-corrected chi connectivity index (χ1v) is 10.1. The molecule has 5 heteroatoms. The maximum absolute atomic E-state index is 12.5. The molecule has 1 atom stereocenters. The van der Waals surface area contributed by atoms with Crippen LogP contribution in [0, 0.1) is 5.92 Å². The summed E-state index contributed by atoms with van der Waals surface area (Å²) in [6.45, 7) is 8.96. The van der Waals surface area contributed by atoms with Crippen LogP contribution in [0.5, 0.6) is 0 Å². The molecular formula is C23H31N3O2. The van der Waals surface area contributed by atoms with Crippen molar-refractivity contribution in [2.24, 2.45) is 5.92 Å². The molecule has 0 radical (unpaired) electrons. The lowest BCUT2D eigenvalue weighted by Crippen LogP contribution is -2.37. The second-order valence-electron chi connectivity index (χ2n) is 7.63. The molecule has 2 aromatic rings. The number of hydrogen-bond acceptors (Lipinski definition) is 3. The van der Waals surface area contributed by atoms with Gasteiger partial charge in [0.25, 0.3) is 0 Å². The summed E-state index contributed by atoms with van der Waals surface area (Å²) in [4.78, 5) is 14.9. The quantitative estimate of drug-likeness (QED) is 0.760. The predicted octanol–water partition coefficient (Wildman–Crippen LogP) is 4.08. The maximum atomic E-state index is 12.5. The van der Waals surface area contributed by atoms with Crippen LogP contribution < -0.4 is 10.6 Å². The molecule has 1 aliphatic rings. The first kappa shape index (κ1) is 20.4. The van der Waals surface area contributed by atoms with Crippen LogP contribution in [0.25, 0.3) is 0 Å². The Hall–Kier alpha value is -2.37. The van der Waals surface area contributed by atoms with E-state index >= 15 is 0 Å². The zero-order chi connectivity index (χ0) is 19.8. The Morgan fingerprint density at radius 2 is 1.71 bits per heavy atom. The van der Waals surface area contributed by atoms with Gasteiger partial charge in [-0.15, -0.1) is 0 Å². The minimum absolute atomic E-state index is 0.0194. The van der Waals surface area contributed by atoms with Gasteiger partial charge in [-0.1, -0.05) is 56.3 Å². The van der Waals surface area contributed by atoms with E-state index in [2.05, 4.69) is 41.5 Å². The van der Waals surface area contributed by atoms with Gasteiger partial charge in [-0.2, -0.15) is 0 Å². The zero-order valence-corrected chi connectivity index (χ0v) is 16.9. The molecule has 2 N–H and O–H groups in total. The monoisotopic (exact) mass is 381 g/mol. The van der Waals surface area contributed by atoms with Crippen LogP contribution in [0.2, 0.25) is 0 Å². The van der Waals surface area contributed by atoms with E-state index in [1.54, 1.807) is 0 Å². The third-order valence-electron chi connectivity index (χ3n) is 5.14. The fraction of sp³-hybridized carbons (Fsp3) is 0.435. The summed E-state index contributed by atoms with van der Waals surface area (Å²) in [5.41, 5.74) is 3.20. The van der Waals surface area contributed by atoms with Crippen LogP contribution >= 0.6 is 0 Å². The number of carbonyl (C=O) groups is 1. The number of morpholine rings is 1. The van der Waals surface area contributed by atoms with Gasteiger partial charge >= 0.3 is 6.03 Å². The fourth-order valence-electron chi connectivity index (χ4n) is 3.47.